The van der Waals surface area contributed by atoms with Crippen LogP contribution in [0, 0.1) is 12.7 Å². The van der Waals surface area contributed by atoms with Crippen molar-refractivity contribution >= 4 is 27.5 Å². The van der Waals surface area contributed by atoms with Crippen molar-refractivity contribution in [2.24, 2.45) is 0 Å². The van der Waals surface area contributed by atoms with E-state index in [1.165, 1.54) is 18.3 Å². The van der Waals surface area contributed by atoms with E-state index < -0.39 is 11.7 Å². The van der Waals surface area contributed by atoms with E-state index in [1.807, 2.05) is 24.3 Å². The van der Waals surface area contributed by atoms with Crippen LogP contribution in [0.15, 0.2) is 59.2 Å². The third-order valence-electron chi connectivity index (χ3n) is 3.45. The summed E-state index contributed by atoms with van der Waals surface area (Å²) in [5.74, 6) is -0.866. The van der Waals surface area contributed by atoms with Gasteiger partial charge in [-0.25, -0.2) is 9.07 Å². The monoisotopic (exact) mass is 373 g/mol. The maximum atomic E-state index is 13.6. The number of carbonyl (C=O) groups excluding carboxylic acids is 1. The van der Waals surface area contributed by atoms with Gasteiger partial charge in [-0.1, -0.05) is 28.1 Å². The number of aromatic nitrogens is 2. The molecule has 0 aliphatic carbocycles. The van der Waals surface area contributed by atoms with Gasteiger partial charge in [0.1, 0.15) is 5.82 Å². The minimum absolute atomic E-state index is 0.147. The molecule has 0 aliphatic heterocycles. The SMILES string of the molecule is Cc1c(C(=O)Nc2ccccc2F)cnn1-c1ccc(Br)cc1. The number of para-hydroxylation sites is 1. The quantitative estimate of drug-likeness (QED) is 0.742. The molecule has 1 heterocycles. The molecule has 0 bridgehead atoms. The highest BCUT2D eigenvalue weighted by Gasteiger charge is 2.16. The molecule has 3 aromatic rings. The number of hydrogen-bond donors (Lipinski definition) is 1. The van der Waals surface area contributed by atoms with Crippen molar-refractivity contribution in [1.29, 1.82) is 0 Å². The van der Waals surface area contributed by atoms with Gasteiger partial charge in [0.25, 0.3) is 5.91 Å². The Morgan fingerprint density at radius 1 is 1.17 bits per heavy atom. The van der Waals surface area contributed by atoms with E-state index in [4.69, 9.17) is 0 Å². The summed E-state index contributed by atoms with van der Waals surface area (Å²) in [5.41, 5.74) is 2.07. The molecule has 0 atom stereocenters. The number of hydrogen-bond acceptors (Lipinski definition) is 2. The van der Waals surface area contributed by atoms with Gasteiger partial charge >= 0.3 is 0 Å². The van der Waals surface area contributed by atoms with Crippen LogP contribution < -0.4 is 5.32 Å². The molecule has 0 unspecified atom stereocenters. The third-order valence-corrected chi connectivity index (χ3v) is 3.98. The molecule has 6 heteroatoms. The smallest absolute Gasteiger partial charge is 0.259 e. The summed E-state index contributed by atoms with van der Waals surface area (Å²) < 4.78 is 16.3. The second-order valence-corrected chi connectivity index (χ2v) is 5.88. The van der Waals surface area contributed by atoms with E-state index in [-0.39, 0.29) is 5.69 Å². The zero-order valence-corrected chi connectivity index (χ0v) is 13.8. The number of amides is 1. The van der Waals surface area contributed by atoms with Crippen LogP contribution >= 0.6 is 15.9 Å². The topological polar surface area (TPSA) is 46.9 Å². The van der Waals surface area contributed by atoms with Crippen LogP contribution in [0.25, 0.3) is 5.69 Å². The van der Waals surface area contributed by atoms with Gasteiger partial charge in [0.15, 0.2) is 0 Å². The minimum Gasteiger partial charge on any atom is -0.319 e. The van der Waals surface area contributed by atoms with E-state index in [1.54, 1.807) is 23.7 Å². The van der Waals surface area contributed by atoms with Gasteiger partial charge < -0.3 is 5.32 Å². The van der Waals surface area contributed by atoms with Gasteiger partial charge in [-0.3, -0.25) is 4.79 Å². The lowest BCUT2D eigenvalue weighted by molar-refractivity contribution is 0.102. The van der Waals surface area contributed by atoms with Crippen LogP contribution in [-0.4, -0.2) is 15.7 Å². The summed E-state index contributed by atoms with van der Waals surface area (Å²) in [6.07, 6.45) is 1.48. The Hall–Kier alpha value is -2.47. The molecule has 0 saturated heterocycles. The van der Waals surface area contributed by atoms with Gasteiger partial charge in [0.2, 0.25) is 0 Å². The molecule has 0 radical (unpaired) electrons. The molecule has 1 amide bonds. The first-order chi connectivity index (χ1) is 11.1. The number of rotatable bonds is 3. The largest absolute Gasteiger partial charge is 0.319 e. The minimum atomic E-state index is -0.473. The van der Waals surface area contributed by atoms with Gasteiger partial charge in [-0.15, -0.1) is 0 Å². The summed E-state index contributed by atoms with van der Waals surface area (Å²) in [5, 5.41) is 6.81. The molecule has 116 valence electrons. The lowest BCUT2D eigenvalue weighted by Gasteiger charge is -2.07. The number of carbonyl (C=O) groups is 1. The van der Waals surface area contributed by atoms with Crippen molar-refractivity contribution in [1.82, 2.24) is 9.78 Å². The van der Waals surface area contributed by atoms with Crippen LogP contribution in [0.5, 0.6) is 0 Å². The van der Waals surface area contributed by atoms with Crippen molar-refractivity contribution < 1.29 is 9.18 Å². The van der Waals surface area contributed by atoms with Crippen molar-refractivity contribution in [2.75, 3.05) is 5.32 Å². The highest BCUT2D eigenvalue weighted by Crippen LogP contribution is 2.19. The molecule has 0 saturated carbocycles. The van der Waals surface area contributed by atoms with E-state index in [2.05, 4.69) is 26.3 Å². The summed E-state index contributed by atoms with van der Waals surface area (Å²) in [4.78, 5) is 12.3. The normalized spacial score (nSPS) is 10.6. The van der Waals surface area contributed by atoms with Gasteiger partial charge in [-0.05, 0) is 43.3 Å². The lowest BCUT2D eigenvalue weighted by atomic mass is 10.2. The van der Waals surface area contributed by atoms with E-state index in [0.717, 1.165) is 10.2 Å². The average Bonchev–Trinajstić information content (AvgIpc) is 2.92. The molecule has 4 nitrogen and oxygen atoms in total. The Kier molecular flexibility index (Phi) is 4.25. The molecule has 0 fully saturated rings. The van der Waals surface area contributed by atoms with Gasteiger partial charge in [0.05, 0.1) is 28.8 Å². The first kappa shape index (κ1) is 15.4. The molecule has 1 N–H and O–H groups in total. The fourth-order valence-electron chi connectivity index (χ4n) is 2.23. The van der Waals surface area contributed by atoms with Crippen LogP contribution in [0.1, 0.15) is 16.1 Å². The first-order valence-corrected chi connectivity index (χ1v) is 7.72. The van der Waals surface area contributed by atoms with Crippen molar-refractivity contribution in [2.45, 2.75) is 6.92 Å². The van der Waals surface area contributed by atoms with E-state index in [0.29, 0.717) is 11.3 Å². The maximum absolute atomic E-state index is 13.6. The number of benzene rings is 2. The molecular formula is C17H13BrFN3O. The Balaban J connectivity index is 1.88. The number of halogens is 2. The molecular weight excluding hydrogens is 361 g/mol. The number of anilines is 1. The number of nitrogens with zero attached hydrogens (tertiary/aromatic N) is 2. The highest BCUT2D eigenvalue weighted by molar-refractivity contribution is 9.10. The summed E-state index contributed by atoms with van der Waals surface area (Å²) in [6.45, 7) is 1.80. The third kappa shape index (κ3) is 3.17. The zero-order chi connectivity index (χ0) is 16.4. The molecule has 2 aromatic carbocycles. The Morgan fingerprint density at radius 2 is 1.87 bits per heavy atom. The molecule has 0 spiro atoms. The Bertz CT molecular complexity index is 859. The predicted octanol–water partition coefficient (Wildman–Crippen LogP) is 4.33. The van der Waals surface area contributed by atoms with Crippen molar-refractivity contribution in [3.8, 4) is 5.69 Å². The Labute approximate surface area is 141 Å². The fraction of sp³-hybridized carbons (Fsp3) is 0.0588. The van der Waals surface area contributed by atoms with Crippen molar-refractivity contribution in [3.63, 3.8) is 0 Å². The van der Waals surface area contributed by atoms with Crippen LogP contribution in [0.3, 0.4) is 0 Å². The predicted molar refractivity (Wildman–Crippen MR) is 90.4 cm³/mol. The standard InChI is InChI=1S/C17H13BrFN3O/c1-11-14(17(23)21-16-5-3-2-4-15(16)19)10-20-22(11)13-8-6-12(18)7-9-13/h2-10H,1H3,(H,21,23). The Morgan fingerprint density at radius 3 is 2.57 bits per heavy atom. The van der Waals surface area contributed by atoms with Gasteiger partial charge in [-0.2, -0.15) is 5.10 Å². The summed E-state index contributed by atoms with van der Waals surface area (Å²) in [7, 11) is 0. The van der Waals surface area contributed by atoms with E-state index in [9.17, 15) is 9.18 Å². The first-order valence-electron chi connectivity index (χ1n) is 6.92. The van der Waals surface area contributed by atoms with Crippen LogP contribution in [0.4, 0.5) is 10.1 Å². The van der Waals surface area contributed by atoms with Gasteiger partial charge in [0, 0.05) is 4.47 Å². The average molecular weight is 374 g/mol. The molecule has 0 aliphatic rings. The summed E-state index contributed by atoms with van der Waals surface area (Å²) in [6, 6.07) is 13.6. The molecule has 3 rings (SSSR count). The molecule has 23 heavy (non-hydrogen) atoms. The fourth-order valence-corrected chi connectivity index (χ4v) is 2.49. The zero-order valence-electron chi connectivity index (χ0n) is 12.3. The van der Waals surface area contributed by atoms with Crippen molar-refractivity contribution in [3.05, 3.63) is 76.3 Å². The van der Waals surface area contributed by atoms with Crippen LogP contribution in [0.2, 0.25) is 0 Å². The lowest BCUT2D eigenvalue weighted by Crippen LogP contribution is -2.14. The summed E-state index contributed by atoms with van der Waals surface area (Å²) >= 11 is 3.38. The maximum Gasteiger partial charge on any atom is 0.259 e. The van der Waals surface area contributed by atoms with Crippen LogP contribution in [-0.2, 0) is 0 Å². The number of nitrogens with one attached hydrogen (secondary N) is 1. The van der Waals surface area contributed by atoms with E-state index >= 15 is 0 Å². The highest BCUT2D eigenvalue weighted by atomic mass is 79.9. The second kappa shape index (κ2) is 6.34. The second-order valence-electron chi connectivity index (χ2n) is 4.97. The molecule has 1 aromatic heterocycles.